The number of aromatic nitrogens is 2. The van der Waals surface area contributed by atoms with Gasteiger partial charge in [0.15, 0.2) is 5.82 Å². The van der Waals surface area contributed by atoms with Gasteiger partial charge in [-0.05, 0) is 62.1 Å². The normalized spacial score (nSPS) is 23.2. The number of nitrogens with one attached hydrogen (secondary N) is 2. The first-order valence-electron chi connectivity index (χ1n) is 16.0. The Morgan fingerprint density at radius 1 is 1.10 bits per heavy atom. The summed E-state index contributed by atoms with van der Waals surface area (Å²) in [5.41, 5.74) is 1.54. The molecule has 49 heavy (non-hydrogen) atoms. The largest absolute Gasteiger partial charge is 0.573 e. The Hall–Kier alpha value is -4.85. The number of piperidine rings is 1. The molecule has 1 aliphatic heterocycles. The lowest BCUT2D eigenvalue weighted by Gasteiger charge is -2.47. The molecule has 6 rings (SSSR count). The van der Waals surface area contributed by atoms with Crippen molar-refractivity contribution < 1.29 is 41.5 Å². The van der Waals surface area contributed by atoms with Crippen LogP contribution in [0.4, 0.5) is 13.2 Å². The Morgan fingerprint density at radius 3 is 2.67 bits per heavy atom. The van der Waals surface area contributed by atoms with Gasteiger partial charge in [-0.25, -0.2) is 0 Å². The fourth-order valence-electron chi connectivity index (χ4n) is 6.90. The molecule has 0 bridgehead atoms. The number of hydrogen-bond acceptors (Lipinski definition) is 9. The van der Waals surface area contributed by atoms with E-state index in [-0.39, 0.29) is 55.0 Å². The molecule has 4 atom stereocenters. The van der Waals surface area contributed by atoms with Gasteiger partial charge in [-0.3, -0.25) is 14.5 Å². The maximum Gasteiger partial charge on any atom is 0.573 e. The summed E-state index contributed by atoms with van der Waals surface area (Å²) in [4.78, 5) is 32.7. The number of ether oxygens (including phenoxy) is 3. The number of hydrogen-bond donors (Lipinski definition) is 2. The maximum absolute atomic E-state index is 13.4. The molecule has 4 unspecified atom stereocenters. The number of carbonyl (C=O) groups excluding carboxylic acids is 2. The molecule has 2 amide bonds. The van der Waals surface area contributed by atoms with Gasteiger partial charge in [0.25, 0.3) is 0 Å². The predicted octanol–water partition coefficient (Wildman–Crippen LogP) is 4.59. The number of rotatable bonds is 12. The molecule has 14 heteroatoms. The van der Waals surface area contributed by atoms with Crippen LogP contribution < -0.4 is 24.8 Å². The van der Waals surface area contributed by atoms with E-state index in [2.05, 4.69) is 25.5 Å². The summed E-state index contributed by atoms with van der Waals surface area (Å²) in [7, 11) is 3.13. The molecule has 11 nitrogen and oxygen atoms in total. The molecule has 1 aromatic heterocycles. The van der Waals surface area contributed by atoms with Crippen molar-refractivity contribution in [2.75, 3.05) is 40.4 Å². The number of allylic oxidation sites excluding steroid dienone is 2. The minimum absolute atomic E-state index is 0.149. The number of alkyl halides is 3. The molecule has 3 aliphatic rings. The standard InChI is InChI=1S/C35H38F3N5O6/c1-21-41-33(49-42-21)28-16-27(28)32(45)40-20-34(24-7-4-8-26(14-24)48-35(36,37)38)12-5-6-23-18-43(13-11-29(23)34)19-31(44)39-17-22-9-10-25(46-2)15-30(22)47-3/h4-10,12,14-15,27-29H,11,13,16-20H2,1-3H3,(H,39,44)(H,40,45). The second-order valence-electron chi connectivity index (χ2n) is 12.6. The molecule has 3 aromatic rings. The third-order valence-corrected chi connectivity index (χ3v) is 9.40. The van der Waals surface area contributed by atoms with Crippen LogP contribution in [-0.2, 0) is 21.5 Å². The van der Waals surface area contributed by atoms with E-state index >= 15 is 0 Å². The van der Waals surface area contributed by atoms with Crippen molar-refractivity contribution >= 4 is 11.8 Å². The molecule has 0 radical (unpaired) electrons. The number of benzene rings is 2. The number of nitrogens with zero attached hydrogens (tertiary/aromatic N) is 3. The van der Waals surface area contributed by atoms with Gasteiger partial charge in [-0.15, -0.1) is 13.2 Å². The van der Waals surface area contributed by atoms with Crippen molar-refractivity contribution in [3.63, 3.8) is 0 Å². The van der Waals surface area contributed by atoms with Crippen LogP contribution in [0.1, 0.15) is 41.6 Å². The van der Waals surface area contributed by atoms with Crippen molar-refractivity contribution in [2.45, 2.75) is 44.0 Å². The summed E-state index contributed by atoms with van der Waals surface area (Å²) in [6.07, 6.45) is 2.12. The number of carbonyl (C=O) groups is 2. The molecule has 0 spiro atoms. The number of likely N-dealkylation sites (tertiary alicyclic amines) is 1. The van der Waals surface area contributed by atoms with E-state index in [4.69, 9.17) is 14.0 Å². The Bertz CT molecular complexity index is 1760. The number of fused-ring (bicyclic) bond motifs is 1. The van der Waals surface area contributed by atoms with Crippen LogP contribution in [0.15, 0.2) is 70.8 Å². The zero-order valence-electron chi connectivity index (χ0n) is 27.4. The molecule has 1 saturated heterocycles. The van der Waals surface area contributed by atoms with Gasteiger partial charge in [-0.2, -0.15) is 4.98 Å². The lowest BCUT2D eigenvalue weighted by atomic mass is 9.62. The van der Waals surface area contributed by atoms with Crippen molar-refractivity contribution in [2.24, 2.45) is 11.8 Å². The second-order valence-corrected chi connectivity index (χ2v) is 12.6. The highest BCUT2D eigenvalue weighted by molar-refractivity contribution is 5.82. The van der Waals surface area contributed by atoms with Crippen molar-refractivity contribution in [1.29, 1.82) is 0 Å². The first kappa shape index (κ1) is 34.0. The second kappa shape index (κ2) is 13.9. The first-order valence-corrected chi connectivity index (χ1v) is 16.0. The Morgan fingerprint density at radius 2 is 1.94 bits per heavy atom. The first-order chi connectivity index (χ1) is 23.5. The van der Waals surface area contributed by atoms with Crippen LogP contribution in [0.5, 0.6) is 17.2 Å². The quantitative estimate of drug-likeness (QED) is 0.282. The summed E-state index contributed by atoms with van der Waals surface area (Å²) in [5.74, 6) is 0.831. The van der Waals surface area contributed by atoms with Crippen LogP contribution in [0.3, 0.4) is 0 Å². The topological polar surface area (TPSA) is 128 Å². The highest BCUT2D eigenvalue weighted by Gasteiger charge is 2.49. The van der Waals surface area contributed by atoms with Crippen molar-refractivity contribution in [3.05, 3.63) is 89.1 Å². The van der Waals surface area contributed by atoms with Crippen LogP contribution in [0, 0.1) is 18.8 Å². The van der Waals surface area contributed by atoms with Gasteiger partial charge >= 0.3 is 6.36 Å². The Kier molecular flexibility index (Phi) is 9.68. The third kappa shape index (κ3) is 7.74. The van der Waals surface area contributed by atoms with Crippen molar-refractivity contribution in [1.82, 2.24) is 25.7 Å². The van der Waals surface area contributed by atoms with Crippen LogP contribution >= 0.6 is 0 Å². The predicted molar refractivity (Wildman–Crippen MR) is 171 cm³/mol. The van der Waals surface area contributed by atoms with Gasteiger partial charge in [-0.1, -0.05) is 41.1 Å². The zero-order chi connectivity index (χ0) is 34.8. The van der Waals surface area contributed by atoms with E-state index < -0.39 is 11.8 Å². The molecule has 2 N–H and O–H groups in total. The molecular formula is C35H38F3N5O6. The minimum Gasteiger partial charge on any atom is -0.497 e. The molecule has 260 valence electrons. The number of halogens is 3. The summed E-state index contributed by atoms with van der Waals surface area (Å²) < 4.78 is 59.8. The van der Waals surface area contributed by atoms with Gasteiger partial charge in [0.2, 0.25) is 17.7 Å². The summed E-state index contributed by atoms with van der Waals surface area (Å²) in [6.45, 7) is 3.33. The highest BCUT2D eigenvalue weighted by Crippen LogP contribution is 2.48. The number of methoxy groups -OCH3 is 2. The van der Waals surface area contributed by atoms with Crippen molar-refractivity contribution in [3.8, 4) is 17.2 Å². The van der Waals surface area contributed by atoms with E-state index in [0.29, 0.717) is 54.7 Å². The Labute approximate surface area is 281 Å². The van der Waals surface area contributed by atoms with E-state index in [1.165, 1.54) is 18.2 Å². The van der Waals surface area contributed by atoms with Gasteiger partial charge in [0, 0.05) is 36.7 Å². The monoisotopic (exact) mass is 681 g/mol. The summed E-state index contributed by atoms with van der Waals surface area (Å²) >= 11 is 0. The Balaban J connectivity index is 1.16. The smallest absolute Gasteiger partial charge is 0.497 e. The molecule has 2 heterocycles. The average molecular weight is 682 g/mol. The number of amides is 2. The zero-order valence-corrected chi connectivity index (χ0v) is 27.4. The van der Waals surface area contributed by atoms with Crippen LogP contribution in [0.2, 0.25) is 0 Å². The molecular weight excluding hydrogens is 643 g/mol. The SMILES string of the molecule is COc1ccc(CNC(=O)CN2CCC3C(=CC=CC3(CNC(=O)C3CC3c3nc(C)no3)c3cccc(OC(F)(F)F)c3)C2)c(OC)c1. The minimum atomic E-state index is -4.86. The van der Waals surface area contributed by atoms with Gasteiger partial charge in [0.1, 0.15) is 17.2 Å². The van der Waals surface area contributed by atoms with Crippen LogP contribution in [-0.4, -0.2) is 73.6 Å². The molecule has 2 aliphatic carbocycles. The molecule has 2 fully saturated rings. The number of aryl methyl sites for hydroxylation is 1. The third-order valence-electron chi connectivity index (χ3n) is 9.40. The highest BCUT2D eigenvalue weighted by atomic mass is 19.4. The summed E-state index contributed by atoms with van der Waals surface area (Å²) in [6, 6.07) is 11.3. The lowest BCUT2D eigenvalue weighted by Crippen LogP contribution is -2.52. The molecule has 1 saturated carbocycles. The lowest BCUT2D eigenvalue weighted by molar-refractivity contribution is -0.274. The van der Waals surface area contributed by atoms with E-state index in [1.54, 1.807) is 39.3 Å². The average Bonchev–Trinajstić information content (AvgIpc) is 3.77. The maximum atomic E-state index is 13.4. The van der Waals surface area contributed by atoms with Crippen LogP contribution in [0.25, 0.3) is 0 Å². The fraction of sp³-hybridized carbons (Fsp3) is 0.429. The van der Waals surface area contributed by atoms with E-state index in [0.717, 1.165) is 11.1 Å². The van der Waals surface area contributed by atoms with Gasteiger partial charge in [0.05, 0.1) is 32.6 Å². The van der Waals surface area contributed by atoms with Gasteiger partial charge < -0.3 is 29.4 Å². The van der Waals surface area contributed by atoms with E-state index in [9.17, 15) is 22.8 Å². The summed E-state index contributed by atoms with van der Waals surface area (Å²) in [5, 5.41) is 9.87. The molecule has 2 aromatic carbocycles. The fourth-order valence-corrected chi connectivity index (χ4v) is 6.90. The van der Waals surface area contributed by atoms with E-state index in [1.807, 2.05) is 29.2 Å².